The molecule has 2 aliphatic rings. The highest BCUT2D eigenvalue weighted by atomic mass is 32.1. The Morgan fingerprint density at radius 1 is 1.02 bits per heavy atom. The standard InChI is InChI=1S/C27H24FN3O2S.C2HF3O2/c1-31-15-17(14-22(31)26(32)33)16-7-8-19(20(28)13-16)24-29-21-9-10-23(30-25(21)34-24)27(11-12-27)18-5-3-2-4-6-18;3-2(4,5)1(6)7/h2-10,13,17,22H,11-12,14-15H2,1H3,(H,32,33);(H,6,7)/t17-,22-;/m0./s1. The molecule has 4 aromatic rings. The number of thiazole rings is 1. The van der Waals surface area contributed by atoms with E-state index in [-0.39, 0.29) is 17.2 Å². The Bertz CT molecular complexity index is 1600. The zero-order chi connectivity index (χ0) is 29.5. The lowest BCUT2D eigenvalue weighted by Gasteiger charge is -2.14. The molecule has 7 nitrogen and oxygen atoms in total. The summed E-state index contributed by atoms with van der Waals surface area (Å²) in [5.74, 6) is -3.92. The van der Waals surface area contributed by atoms with Crippen LogP contribution in [0.1, 0.15) is 42.0 Å². The number of nitrogens with zero attached hydrogens (tertiary/aromatic N) is 3. The van der Waals surface area contributed by atoms with Gasteiger partial charge >= 0.3 is 18.1 Å². The zero-order valence-corrected chi connectivity index (χ0v) is 22.5. The molecule has 41 heavy (non-hydrogen) atoms. The smallest absolute Gasteiger partial charge is 0.480 e. The molecule has 1 aliphatic heterocycles. The van der Waals surface area contributed by atoms with Crippen molar-refractivity contribution in [2.24, 2.45) is 0 Å². The van der Waals surface area contributed by atoms with Crippen molar-refractivity contribution in [1.29, 1.82) is 0 Å². The number of carboxylic acid groups (broad SMARTS) is 2. The van der Waals surface area contributed by atoms with Crippen molar-refractivity contribution in [3.8, 4) is 10.6 Å². The van der Waals surface area contributed by atoms with Crippen LogP contribution in [0.5, 0.6) is 0 Å². The van der Waals surface area contributed by atoms with Crippen LogP contribution in [0.2, 0.25) is 0 Å². The van der Waals surface area contributed by atoms with Crippen molar-refractivity contribution in [2.45, 2.75) is 42.8 Å². The molecule has 6 rings (SSSR count). The Morgan fingerprint density at radius 2 is 1.71 bits per heavy atom. The topological polar surface area (TPSA) is 104 Å². The number of likely N-dealkylation sites (tertiary alicyclic amines) is 1. The minimum Gasteiger partial charge on any atom is -0.480 e. The third kappa shape index (κ3) is 5.80. The maximum Gasteiger partial charge on any atom is 0.490 e. The Kier molecular flexibility index (Phi) is 7.56. The number of rotatable bonds is 5. The van der Waals surface area contributed by atoms with Gasteiger partial charge in [-0.15, -0.1) is 0 Å². The summed E-state index contributed by atoms with van der Waals surface area (Å²) < 4.78 is 46.9. The van der Waals surface area contributed by atoms with E-state index in [0.717, 1.165) is 34.4 Å². The predicted molar refractivity (Wildman–Crippen MR) is 144 cm³/mol. The number of benzene rings is 2. The molecule has 214 valence electrons. The Hall–Kier alpha value is -3.90. The second-order valence-corrected chi connectivity index (χ2v) is 11.2. The van der Waals surface area contributed by atoms with Crippen LogP contribution in [0.4, 0.5) is 17.6 Å². The lowest BCUT2D eigenvalue weighted by molar-refractivity contribution is -0.192. The number of hydrogen-bond donors (Lipinski definition) is 2. The average molecular weight is 588 g/mol. The van der Waals surface area contributed by atoms with Crippen LogP contribution in [0.15, 0.2) is 60.7 Å². The molecule has 2 aromatic heterocycles. The van der Waals surface area contributed by atoms with Gasteiger partial charge in [-0.1, -0.05) is 47.7 Å². The second-order valence-electron chi connectivity index (χ2n) is 10.3. The van der Waals surface area contributed by atoms with Crippen LogP contribution >= 0.6 is 11.3 Å². The molecule has 0 amide bonds. The number of halogens is 4. The number of pyridine rings is 1. The molecule has 0 radical (unpaired) electrons. The molecular formula is C29H25F4N3O4S. The van der Waals surface area contributed by atoms with Gasteiger partial charge in [0.15, 0.2) is 0 Å². The van der Waals surface area contributed by atoms with E-state index in [1.807, 2.05) is 23.1 Å². The van der Waals surface area contributed by atoms with E-state index in [1.54, 1.807) is 13.1 Å². The summed E-state index contributed by atoms with van der Waals surface area (Å²) in [5.41, 5.74) is 4.38. The number of carboxylic acids is 2. The molecule has 3 heterocycles. The highest BCUT2D eigenvalue weighted by molar-refractivity contribution is 7.21. The van der Waals surface area contributed by atoms with Gasteiger partial charge in [0, 0.05) is 17.5 Å². The van der Waals surface area contributed by atoms with Crippen LogP contribution in [-0.4, -0.2) is 62.8 Å². The molecule has 0 spiro atoms. The summed E-state index contributed by atoms with van der Waals surface area (Å²) in [7, 11) is 1.80. The van der Waals surface area contributed by atoms with Gasteiger partial charge < -0.3 is 10.2 Å². The van der Waals surface area contributed by atoms with E-state index in [1.165, 1.54) is 23.0 Å². The van der Waals surface area contributed by atoms with E-state index in [0.29, 0.717) is 23.5 Å². The van der Waals surface area contributed by atoms with Gasteiger partial charge in [0.05, 0.1) is 5.69 Å². The summed E-state index contributed by atoms with van der Waals surface area (Å²) in [6.07, 6.45) is -2.44. The van der Waals surface area contributed by atoms with Gasteiger partial charge in [-0.05, 0) is 67.6 Å². The van der Waals surface area contributed by atoms with E-state index in [9.17, 15) is 23.1 Å². The van der Waals surface area contributed by atoms with E-state index in [2.05, 4.69) is 35.3 Å². The first-order valence-corrected chi connectivity index (χ1v) is 13.6. The molecule has 0 bridgehead atoms. The minimum atomic E-state index is -5.08. The van der Waals surface area contributed by atoms with Crippen LogP contribution in [0.25, 0.3) is 20.9 Å². The summed E-state index contributed by atoms with van der Waals surface area (Å²) in [6, 6.07) is 19.2. The molecule has 1 saturated carbocycles. The van der Waals surface area contributed by atoms with Crippen molar-refractivity contribution < 1.29 is 37.4 Å². The van der Waals surface area contributed by atoms with Gasteiger partial charge in [0.1, 0.15) is 27.2 Å². The first-order valence-electron chi connectivity index (χ1n) is 12.8. The van der Waals surface area contributed by atoms with Gasteiger partial charge in [0.25, 0.3) is 0 Å². The number of carbonyl (C=O) groups is 2. The fourth-order valence-corrected chi connectivity index (χ4v) is 6.23. The van der Waals surface area contributed by atoms with Gasteiger partial charge in [-0.2, -0.15) is 13.2 Å². The molecule has 12 heteroatoms. The van der Waals surface area contributed by atoms with Crippen molar-refractivity contribution in [2.75, 3.05) is 13.6 Å². The van der Waals surface area contributed by atoms with Crippen molar-refractivity contribution >= 4 is 33.6 Å². The normalized spacial score (nSPS) is 19.9. The first-order chi connectivity index (χ1) is 19.4. The Labute approximate surface area is 236 Å². The molecule has 1 saturated heterocycles. The lowest BCUT2D eigenvalue weighted by atomic mass is 9.92. The Balaban J connectivity index is 0.000000431. The maximum atomic E-state index is 15.2. The maximum absolute atomic E-state index is 15.2. The summed E-state index contributed by atoms with van der Waals surface area (Å²) >= 11 is 1.41. The van der Waals surface area contributed by atoms with Gasteiger partial charge in [-0.25, -0.2) is 19.2 Å². The second kappa shape index (κ2) is 10.8. The van der Waals surface area contributed by atoms with Crippen LogP contribution in [0, 0.1) is 5.82 Å². The molecule has 2 atom stereocenters. The fraction of sp³-hybridized carbons (Fsp3) is 0.310. The third-order valence-electron chi connectivity index (χ3n) is 7.59. The number of alkyl halides is 3. The van der Waals surface area contributed by atoms with Gasteiger partial charge in [-0.3, -0.25) is 9.69 Å². The Morgan fingerprint density at radius 3 is 2.27 bits per heavy atom. The SMILES string of the molecule is CN1C[C@@H](c2ccc(-c3nc4ccc(C5(c6ccccc6)CC5)nc4s3)c(F)c2)C[C@H]1C(=O)O.O=C(O)C(F)(F)F. The van der Waals surface area contributed by atoms with E-state index < -0.39 is 24.2 Å². The predicted octanol–water partition coefficient (Wildman–Crippen LogP) is 6.08. The summed E-state index contributed by atoms with van der Waals surface area (Å²) in [6.45, 7) is 0.604. The molecule has 2 aromatic carbocycles. The molecule has 2 N–H and O–H groups in total. The average Bonchev–Trinajstić information content (AvgIpc) is 3.48. The number of likely N-dealkylation sites (N-methyl/N-ethyl adjacent to an activating group) is 1. The molecule has 2 fully saturated rings. The number of hydrogen-bond acceptors (Lipinski definition) is 6. The highest BCUT2D eigenvalue weighted by Gasteiger charge is 2.47. The van der Waals surface area contributed by atoms with Crippen LogP contribution in [0.3, 0.4) is 0 Å². The summed E-state index contributed by atoms with van der Waals surface area (Å²) in [5, 5.41) is 17.1. The largest absolute Gasteiger partial charge is 0.490 e. The fourth-order valence-electron chi connectivity index (χ4n) is 5.26. The number of aliphatic carboxylic acids is 2. The third-order valence-corrected chi connectivity index (χ3v) is 8.59. The molecule has 1 aliphatic carbocycles. The first kappa shape index (κ1) is 28.6. The monoisotopic (exact) mass is 587 g/mol. The van der Waals surface area contributed by atoms with Crippen LogP contribution < -0.4 is 0 Å². The highest BCUT2D eigenvalue weighted by Crippen LogP contribution is 2.53. The number of aromatic nitrogens is 2. The van der Waals surface area contributed by atoms with Crippen molar-refractivity contribution in [3.05, 3.63) is 83.3 Å². The zero-order valence-electron chi connectivity index (χ0n) is 21.7. The molecular weight excluding hydrogens is 562 g/mol. The van der Waals surface area contributed by atoms with Gasteiger partial charge in [0.2, 0.25) is 0 Å². The quantitative estimate of drug-likeness (QED) is 0.273. The summed E-state index contributed by atoms with van der Waals surface area (Å²) in [4.78, 5) is 32.6. The van der Waals surface area contributed by atoms with Crippen molar-refractivity contribution in [1.82, 2.24) is 14.9 Å². The van der Waals surface area contributed by atoms with E-state index in [4.69, 9.17) is 14.9 Å². The molecule has 0 unspecified atom stereocenters. The minimum absolute atomic E-state index is 0.00181. The van der Waals surface area contributed by atoms with Crippen molar-refractivity contribution in [3.63, 3.8) is 0 Å². The van der Waals surface area contributed by atoms with Crippen LogP contribution in [-0.2, 0) is 15.0 Å². The lowest BCUT2D eigenvalue weighted by Crippen LogP contribution is -2.32. The number of fused-ring (bicyclic) bond motifs is 1. The van der Waals surface area contributed by atoms with E-state index >= 15 is 4.39 Å².